The van der Waals surface area contributed by atoms with Gasteiger partial charge in [-0.2, -0.15) is 6.42 Å². The van der Waals surface area contributed by atoms with Crippen LogP contribution in [0.5, 0.6) is 0 Å². The van der Waals surface area contributed by atoms with E-state index in [2.05, 4.69) is 0 Å². The molecule has 0 aromatic heterocycles. The summed E-state index contributed by atoms with van der Waals surface area (Å²) >= 11 is 0. The molecule has 2 heteroatoms. The van der Waals surface area contributed by atoms with Gasteiger partial charge in [0.2, 0.25) is 0 Å². The Morgan fingerprint density at radius 3 is 2.38 bits per heavy atom. The third kappa shape index (κ3) is 3.25. The van der Waals surface area contributed by atoms with E-state index in [1.807, 2.05) is 0 Å². The molecule has 0 heterocycles. The summed E-state index contributed by atoms with van der Waals surface area (Å²) in [7, 11) is 0. The second-order valence-electron chi connectivity index (χ2n) is 1.92. The Balaban J connectivity index is 0.000000490. The first-order valence-corrected chi connectivity index (χ1v) is 2.75. The van der Waals surface area contributed by atoms with Crippen molar-refractivity contribution in [3.63, 3.8) is 0 Å². The van der Waals surface area contributed by atoms with Crippen LogP contribution in [0, 0.1) is 6.42 Å². The van der Waals surface area contributed by atoms with E-state index < -0.39 is 0 Å². The summed E-state index contributed by atoms with van der Waals surface area (Å²) in [5.41, 5.74) is 0. The summed E-state index contributed by atoms with van der Waals surface area (Å²) in [4.78, 5) is 10.4. The van der Waals surface area contributed by atoms with E-state index in [9.17, 15) is 4.79 Å². The maximum atomic E-state index is 10.4. The molecule has 0 N–H and O–H groups in total. The standard InChI is InChI=1S/C6H9O.K/c7-6-4-2-1-3-5-6;/h4H,1-3,5H2;/q-1;+1. The zero-order valence-electron chi connectivity index (χ0n) is 5.31. The maximum Gasteiger partial charge on any atom is 1.00 e. The molecule has 8 heavy (non-hydrogen) atoms. The minimum atomic E-state index is 0. The molecular weight excluding hydrogens is 127 g/mol. The number of hydrogen-bond acceptors (Lipinski definition) is 1. The Labute approximate surface area is 92.6 Å². The third-order valence-corrected chi connectivity index (χ3v) is 1.25. The van der Waals surface area contributed by atoms with Crippen molar-refractivity contribution >= 4 is 5.78 Å². The first kappa shape index (κ1) is 9.18. The molecule has 1 rings (SSSR count). The summed E-state index contributed by atoms with van der Waals surface area (Å²) < 4.78 is 0. The Kier molecular flexibility index (Phi) is 5.74. The maximum absolute atomic E-state index is 10.4. The van der Waals surface area contributed by atoms with Gasteiger partial charge in [-0.05, 0) is 12.2 Å². The minimum Gasteiger partial charge on any atom is -0.334 e. The third-order valence-electron chi connectivity index (χ3n) is 1.25. The van der Waals surface area contributed by atoms with Gasteiger partial charge in [0.25, 0.3) is 0 Å². The van der Waals surface area contributed by atoms with Crippen LogP contribution in [0.1, 0.15) is 25.7 Å². The number of carbonyl (C=O) groups is 1. The molecule has 0 atom stereocenters. The van der Waals surface area contributed by atoms with Crippen molar-refractivity contribution < 1.29 is 56.2 Å². The van der Waals surface area contributed by atoms with Gasteiger partial charge in [0, 0.05) is 0 Å². The van der Waals surface area contributed by atoms with E-state index >= 15 is 0 Å². The molecular formula is C6H9KO. The second kappa shape index (κ2) is 5.00. The van der Waals surface area contributed by atoms with E-state index in [0.29, 0.717) is 5.78 Å². The molecule has 1 aliphatic rings. The monoisotopic (exact) mass is 136 g/mol. The fourth-order valence-electron chi connectivity index (χ4n) is 0.809. The number of rotatable bonds is 0. The van der Waals surface area contributed by atoms with Crippen molar-refractivity contribution in [3.05, 3.63) is 6.42 Å². The van der Waals surface area contributed by atoms with Crippen LogP contribution in [0.2, 0.25) is 0 Å². The SMILES string of the molecule is O=C1[CH-]CCCC1.[K+]. The number of carbonyl (C=O) groups excluding carboxylic acids is 1. The second-order valence-corrected chi connectivity index (χ2v) is 1.92. The summed E-state index contributed by atoms with van der Waals surface area (Å²) in [6.45, 7) is 0. The van der Waals surface area contributed by atoms with E-state index in [1.165, 1.54) is 6.42 Å². The fourth-order valence-corrected chi connectivity index (χ4v) is 0.809. The van der Waals surface area contributed by atoms with Crippen LogP contribution < -0.4 is 51.4 Å². The van der Waals surface area contributed by atoms with Crippen molar-refractivity contribution in [3.8, 4) is 0 Å². The Hall–Kier alpha value is 1.18. The van der Waals surface area contributed by atoms with Crippen molar-refractivity contribution in [1.82, 2.24) is 0 Å². The molecule has 0 bridgehead atoms. The summed E-state index contributed by atoms with van der Waals surface area (Å²) in [5, 5.41) is 0. The fraction of sp³-hybridized carbons (Fsp3) is 0.667. The average molecular weight is 136 g/mol. The normalized spacial score (nSPS) is 18.8. The first-order chi connectivity index (χ1) is 3.39. The molecule has 0 saturated heterocycles. The Bertz CT molecular complexity index is 72.6. The van der Waals surface area contributed by atoms with Gasteiger partial charge in [-0.3, -0.25) is 0 Å². The zero-order chi connectivity index (χ0) is 5.11. The van der Waals surface area contributed by atoms with E-state index in [1.54, 1.807) is 6.42 Å². The zero-order valence-corrected chi connectivity index (χ0v) is 8.44. The molecule has 0 spiro atoms. The Morgan fingerprint density at radius 1 is 1.38 bits per heavy atom. The molecule has 0 radical (unpaired) electrons. The van der Waals surface area contributed by atoms with Gasteiger partial charge >= 0.3 is 51.4 Å². The minimum absolute atomic E-state index is 0. The van der Waals surface area contributed by atoms with E-state index in [-0.39, 0.29) is 51.4 Å². The molecule has 1 nitrogen and oxygen atoms in total. The van der Waals surface area contributed by atoms with Crippen molar-refractivity contribution in [2.75, 3.05) is 0 Å². The molecule has 0 aliphatic heterocycles. The molecule has 1 aliphatic carbocycles. The van der Waals surface area contributed by atoms with Crippen molar-refractivity contribution in [2.24, 2.45) is 0 Å². The van der Waals surface area contributed by atoms with Crippen LogP contribution in [-0.2, 0) is 4.79 Å². The van der Waals surface area contributed by atoms with Gasteiger partial charge in [-0.25, -0.2) is 0 Å². The van der Waals surface area contributed by atoms with Gasteiger partial charge < -0.3 is 11.2 Å². The smallest absolute Gasteiger partial charge is 0.334 e. The molecule has 0 amide bonds. The van der Waals surface area contributed by atoms with Crippen LogP contribution >= 0.6 is 0 Å². The van der Waals surface area contributed by atoms with Gasteiger partial charge in [0.05, 0.1) is 0 Å². The molecule has 1 saturated carbocycles. The van der Waals surface area contributed by atoms with Gasteiger partial charge in [-0.15, -0.1) is 0 Å². The van der Waals surface area contributed by atoms with Crippen LogP contribution in [-0.4, -0.2) is 5.78 Å². The van der Waals surface area contributed by atoms with Crippen LogP contribution in [0.3, 0.4) is 0 Å². The summed E-state index contributed by atoms with van der Waals surface area (Å²) in [5.74, 6) is 0.339. The van der Waals surface area contributed by atoms with Gasteiger partial charge in [-0.1, -0.05) is 12.8 Å². The van der Waals surface area contributed by atoms with Crippen LogP contribution in [0.15, 0.2) is 0 Å². The first-order valence-electron chi connectivity index (χ1n) is 2.75. The molecule has 1 fully saturated rings. The van der Waals surface area contributed by atoms with E-state index in [4.69, 9.17) is 0 Å². The molecule has 0 aromatic carbocycles. The predicted molar refractivity (Wildman–Crippen MR) is 27.8 cm³/mol. The Morgan fingerprint density at radius 2 is 2.12 bits per heavy atom. The summed E-state index contributed by atoms with van der Waals surface area (Å²) in [6.07, 6.45) is 5.92. The van der Waals surface area contributed by atoms with E-state index in [0.717, 1.165) is 19.3 Å². The number of Topliss-reactive ketones (excluding diaryl/α,β-unsaturated/α-hetero) is 1. The van der Waals surface area contributed by atoms with Crippen LogP contribution in [0.4, 0.5) is 0 Å². The number of ketones is 1. The molecule has 0 aromatic rings. The number of hydrogen-bond donors (Lipinski definition) is 0. The largest absolute Gasteiger partial charge is 1.00 e. The molecule has 40 valence electrons. The predicted octanol–water partition coefficient (Wildman–Crippen LogP) is -1.66. The van der Waals surface area contributed by atoms with Gasteiger partial charge in [0.15, 0.2) is 0 Å². The van der Waals surface area contributed by atoms with Crippen LogP contribution in [0.25, 0.3) is 0 Å². The van der Waals surface area contributed by atoms with Gasteiger partial charge in [0.1, 0.15) is 0 Å². The van der Waals surface area contributed by atoms with Crippen molar-refractivity contribution in [1.29, 1.82) is 0 Å². The topological polar surface area (TPSA) is 17.1 Å². The van der Waals surface area contributed by atoms with Crippen molar-refractivity contribution in [2.45, 2.75) is 25.7 Å². The quantitative estimate of drug-likeness (QED) is 0.288. The summed E-state index contributed by atoms with van der Waals surface area (Å²) in [6, 6.07) is 0. The molecule has 0 unspecified atom stereocenters. The average Bonchev–Trinajstić information content (AvgIpc) is 1.69.